The Balaban J connectivity index is 0.00000385. The van der Waals surface area contributed by atoms with Crippen molar-refractivity contribution in [2.45, 2.75) is 46.0 Å². The van der Waals surface area contributed by atoms with Crippen LogP contribution in [-0.4, -0.2) is 28.8 Å². The number of aromatic nitrogens is 2. The molecule has 6 nitrogen and oxygen atoms in total. The van der Waals surface area contributed by atoms with Crippen molar-refractivity contribution in [1.82, 2.24) is 20.4 Å². The molecule has 0 atom stereocenters. The summed E-state index contributed by atoms with van der Waals surface area (Å²) in [5.74, 6) is 1.39. The fraction of sp³-hybridized carbons (Fsp3) is 0.391. The van der Waals surface area contributed by atoms with Crippen LogP contribution in [0.5, 0.6) is 0 Å². The van der Waals surface area contributed by atoms with Gasteiger partial charge in [0.25, 0.3) is 0 Å². The van der Waals surface area contributed by atoms with Crippen molar-refractivity contribution in [3.05, 3.63) is 77.0 Å². The van der Waals surface area contributed by atoms with Crippen molar-refractivity contribution in [3.8, 4) is 0 Å². The van der Waals surface area contributed by atoms with E-state index in [1.54, 1.807) is 12.3 Å². The maximum Gasteiger partial charge on any atom is 0.416 e. The zero-order valence-corrected chi connectivity index (χ0v) is 21.0. The minimum absolute atomic E-state index is 0. The molecule has 0 saturated heterocycles. The number of aryl methyl sites for hydroxylation is 3. The number of aliphatic imine (C=N–C) groups is 1. The molecular formula is C23H29F3IN5O. The van der Waals surface area contributed by atoms with Gasteiger partial charge in [-0.2, -0.15) is 18.3 Å². The summed E-state index contributed by atoms with van der Waals surface area (Å²) in [6, 6.07) is 11.0. The number of guanidine groups is 1. The fourth-order valence-electron chi connectivity index (χ4n) is 3.29. The highest BCUT2D eigenvalue weighted by Gasteiger charge is 2.30. The molecule has 0 aliphatic carbocycles. The largest absolute Gasteiger partial charge is 0.469 e. The van der Waals surface area contributed by atoms with Crippen molar-refractivity contribution in [3.63, 3.8) is 0 Å². The summed E-state index contributed by atoms with van der Waals surface area (Å²) >= 11 is 0. The van der Waals surface area contributed by atoms with Crippen LogP contribution >= 0.6 is 24.0 Å². The second kappa shape index (κ2) is 12.7. The Kier molecular flexibility index (Phi) is 10.3. The second-order valence-electron chi connectivity index (χ2n) is 7.55. The Morgan fingerprint density at radius 3 is 2.55 bits per heavy atom. The molecule has 10 heteroatoms. The topological polar surface area (TPSA) is 67.4 Å². The Morgan fingerprint density at radius 1 is 1.09 bits per heavy atom. The van der Waals surface area contributed by atoms with Gasteiger partial charge in [0.2, 0.25) is 0 Å². The number of nitrogens with one attached hydrogen (secondary N) is 2. The molecule has 0 unspecified atom stereocenters. The summed E-state index contributed by atoms with van der Waals surface area (Å²) in [7, 11) is 0. The number of hydrogen-bond acceptors (Lipinski definition) is 3. The van der Waals surface area contributed by atoms with E-state index in [4.69, 9.17) is 4.42 Å². The molecular weight excluding hydrogens is 546 g/mol. The SMILES string of the molecule is Cc1cc(C)n(CCCNC(=NCc2cccc(C(F)(F)F)c2)NCCc2ccco2)n1.I. The molecule has 0 fully saturated rings. The van der Waals surface area contributed by atoms with Crippen molar-refractivity contribution >= 4 is 29.9 Å². The van der Waals surface area contributed by atoms with E-state index in [0.717, 1.165) is 42.2 Å². The predicted octanol–water partition coefficient (Wildman–Crippen LogP) is 5.10. The van der Waals surface area contributed by atoms with E-state index in [1.807, 2.05) is 36.7 Å². The highest BCUT2D eigenvalue weighted by atomic mass is 127. The average Bonchev–Trinajstić information content (AvgIpc) is 3.37. The number of hydrogen-bond donors (Lipinski definition) is 2. The van der Waals surface area contributed by atoms with E-state index in [2.05, 4.69) is 20.7 Å². The van der Waals surface area contributed by atoms with Gasteiger partial charge in [-0.05, 0) is 56.2 Å². The quantitative estimate of drug-likeness (QED) is 0.161. The van der Waals surface area contributed by atoms with Gasteiger partial charge in [-0.15, -0.1) is 24.0 Å². The minimum atomic E-state index is -4.37. The van der Waals surface area contributed by atoms with Gasteiger partial charge < -0.3 is 15.1 Å². The van der Waals surface area contributed by atoms with Crippen LogP contribution in [0.25, 0.3) is 0 Å². The molecule has 0 bridgehead atoms. The maximum absolute atomic E-state index is 13.0. The van der Waals surface area contributed by atoms with E-state index in [9.17, 15) is 13.2 Å². The van der Waals surface area contributed by atoms with E-state index >= 15 is 0 Å². The molecule has 3 aromatic rings. The molecule has 1 aromatic carbocycles. The number of furan rings is 1. The van der Waals surface area contributed by atoms with Crippen molar-refractivity contribution in [1.29, 1.82) is 0 Å². The van der Waals surface area contributed by atoms with Gasteiger partial charge in [-0.3, -0.25) is 4.68 Å². The number of rotatable bonds is 9. The van der Waals surface area contributed by atoms with Crippen molar-refractivity contribution in [2.75, 3.05) is 13.1 Å². The summed E-state index contributed by atoms with van der Waals surface area (Å²) in [5, 5.41) is 10.9. The van der Waals surface area contributed by atoms with Crippen molar-refractivity contribution in [2.24, 2.45) is 4.99 Å². The highest BCUT2D eigenvalue weighted by Crippen LogP contribution is 2.29. The van der Waals surface area contributed by atoms with Crippen LogP contribution in [0.3, 0.4) is 0 Å². The molecule has 0 amide bonds. The molecule has 2 N–H and O–H groups in total. The minimum Gasteiger partial charge on any atom is -0.469 e. The third-order valence-corrected chi connectivity index (χ3v) is 4.86. The van der Waals surface area contributed by atoms with Gasteiger partial charge in [-0.25, -0.2) is 4.99 Å². The molecule has 2 heterocycles. The Morgan fingerprint density at radius 2 is 1.88 bits per heavy atom. The average molecular weight is 575 g/mol. The smallest absolute Gasteiger partial charge is 0.416 e. The monoisotopic (exact) mass is 575 g/mol. The molecule has 0 radical (unpaired) electrons. The summed E-state index contributed by atoms with van der Waals surface area (Å²) in [4.78, 5) is 4.48. The van der Waals surface area contributed by atoms with Crippen LogP contribution in [0.1, 0.15) is 34.7 Å². The molecule has 0 saturated carbocycles. The lowest BCUT2D eigenvalue weighted by Gasteiger charge is -2.13. The van der Waals surface area contributed by atoms with Gasteiger partial charge in [-0.1, -0.05) is 12.1 Å². The molecule has 180 valence electrons. The molecule has 0 spiro atoms. The first-order valence-corrected chi connectivity index (χ1v) is 10.5. The Hall–Kier alpha value is -2.50. The van der Waals surface area contributed by atoms with E-state index < -0.39 is 11.7 Å². The van der Waals surface area contributed by atoms with Crippen LogP contribution < -0.4 is 10.6 Å². The molecule has 3 rings (SSSR count). The number of halogens is 4. The third-order valence-electron chi connectivity index (χ3n) is 4.86. The summed E-state index contributed by atoms with van der Waals surface area (Å²) < 4.78 is 46.2. The van der Waals surface area contributed by atoms with E-state index in [0.29, 0.717) is 31.0 Å². The maximum atomic E-state index is 13.0. The summed E-state index contributed by atoms with van der Waals surface area (Å²) in [5.41, 5.74) is 1.92. The zero-order valence-electron chi connectivity index (χ0n) is 18.7. The Labute approximate surface area is 208 Å². The van der Waals surface area contributed by atoms with Gasteiger partial charge in [0.1, 0.15) is 5.76 Å². The second-order valence-corrected chi connectivity index (χ2v) is 7.55. The summed E-state index contributed by atoms with van der Waals surface area (Å²) in [6.45, 7) is 6.11. The lowest BCUT2D eigenvalue weighted by atomic mass is 10.1. The van der Waals surface area contributed by atoms with Gasteiger partial charge >= 0.3 is 6.18 Å². The number of alkyl halides is 3. The predicted molar refractivity (Wildman–Crippen MR) is 133 cm³/mol. The van der Waals surface area contributed by atoms with Crippen LogP contribution in [0, 0.1) is 13.8 Å². The Bertz CT molecular complexity index is 1020. The lowest BCUT2D eigenvalue weighted by Crippen LogP contribution is -2.39. The van der Waals surface area contributed by atoms with Gasteiger partial charge in [0, 0.05) is 31.7 Å². The van der Waals surface area contributed by atoms with Crippen LogP contribution in [0.2, 0.25) is 0 Å². The molecule has 0 aliphatic rings. The van der Waals surface area contributed by atoms with Crippen LogP contribution in [0.4, 0.5) is 13.2 Å². The lowest BCUT2D eigenvalue weighted by molar-refractivity contribution is -0.137. The van der Waals surface area contributed by atoms with E-state index in [1.165, 1.54) is 6.07 Å². The first kappa shape index (κ1) is 26.7. The first-order valence-electron chi connectivity index (χ1n) is 10.5. The molecule has 33 heavy (non-hydrogen) atoms. The standard InChI is InChI=1S/C23H28F3N5O.HI/c1-17-14-18(2)31(30-17)12-5-10-27-22(28-11-9-21-8-4-13-32-21)29-16-19-6-3-7-20(15-19)23(24,25)26;/h3-4,6-8,13-15H,5,9-12,16H2,1-2H3,(H2,27,28,29);1H. The zero-order chi connectivity index (χ0) is 23.0. The highest BCUT2D eigenvalue weighted by molar-refractivity contribution is 14.0. The van der Waals surface area contributed by atoms with Crippen molar-refractivity contribution < 1.29 is 17.6 Å². The normalized spacial score (nSPS) is 11.8. The van der Waals surface area contributed by atoms with Crippen LogP contribution in [0.15, 0.2) is 58.1 Å². The fourth-order valence-corrected chi connectivity index (χ4v) is 3.29. The van der Waals surface area contributed by atoms with Gasteiger partial charge in [0.15, 0.2) is 5.96 Å². The first-order chi connectivity index (χ1) is 15.3. The number of benzene rings is 1. The molecule has 0 aliphatic heterocycles. The van der Waals surface area contributed by atoms with Crippen LogP contribution in [-0.2, 0) is 25.7 Å². The molecule has 2 aromatic heterocycles. The number of nitrogens with zero attached hydrogens (tertiary/aromatic N) is 3. The summed E-state index contributed by atoms with van der Waals surface area (Å²) in [6.07, 6.45) is -1.26. The van der Waals surface area contributed by atoms with Gasteiger partial charge in [0.05, 0.1) is 24.1 Å². The van der Waals surface area contributed by atoms with E-state index in [-0.39, 0.29) is 30.5 Å². The third kappa shape index (κ3) is 8.75.